The molecule has 2 aliphatic heterocycles. The van der Waals surface area contributed by atoms with Gasteiger partial charge in [-0.1, -0.05) is 24.3 Å². The Kier molecular flexibility index (Phi) is 12.5. The van der Waals surface area contributed by atoms with Gasteiger partial charge in [-0.3, -0.25) is 30.2 Å². The minimum atomic E-state index is -3.72. The second-order valence-corrected chi connectivity index (χ2v) is 15.9. The number of nitrogens with zero attached hydrogens (tertiary/aromatic N) is 7. The summed E-state index contributed by atoms with van der Waals surface area (Å²) in [5.41, 5.74) is 2.20. The van der Waals surface area contributed by atoms with Crippen LogP contribution in [0.5, 0.6) is 11.5 Å². The fraction of sp³-hybridized carbons (Fsp3) is 0.317. The van der Waals surface area contributed by atoms with Crippen molar-refractivity contribution in [2.24, 2.45) is 0 Å². The fourth-order valence-corrected chi connectivity index (χ4v) is 8.93. The van der Waals surface area contributed by atoms with E-state index in [-0.39, 0.29) is 53.8 Å². The van der Waals surface area contributed by atoms with E-state index in [1.54, 1.807) is 89.9 Å². The summed E-state index contributed by atoms with van der Waals surface area (Å²) in [6.07, 6.45) is 1.85. The quantitative estimate of drug-likeness (QED) is 0.0945. The summed E-state index contributed by atoms with van der Waals surface area (Å²) < 4.78 is 45.2. The molecule has 0 bridgehead atoms. The van der Waals surface area contributed by atoms with E-state index < -0.39 is 19.9 Å². The van der Waals surface area contributed by atoms with E-state index in [2.05, 4.69) is 10.2 Å². The van der Waals surface area contributed by atoms with Gasteiger partial charge in [0.25, 0.3) is 11.4 Å². The molecule has 2 aliphatic rings. The van der Waals surface area contributed by atoms with Gasteiger partial charge in [0.15, 0.2) is 11.5 Å². The van der Waals surface area contributed by atoms with Crippen molar-refractivity contribution in [1.82, 2.24) is 9.62 Å². The first-order chi connectivity index (χ1) is 28.6. The van der Waals surface area contributed by atoms with Gasteiger partial charge in [0.2, 0.25) is 10.0 Å². The third-order valence-corrected chi connectivity index (χ3v) is 12.5. The molecular weight excluding hydrogens is 781 g/mol. The molecule has 0 amide bonds. The highest BCUT2D eigenvalue weighted by Crippen LogP contribution is 2.41. The van der Waals surface area contributed by atoms with E-state index in [4.69, 9.17) is 13.9 Å². The molecule has 7 rings (SSSR count). The Bertz CT molecular complexity index is 2350. The first-order valence-electron chi connectivity index (χ1n) is 19.2. The minimum Gasteiger partial charge on any atom is -0.493 e. The summed E-state index contributed by atoms with van der Waals surface area (Å²) in [7, 11) is -0.638. The molecule has 2 saturated heterocycles. The lowest BCUT2D eigenvalue weighted by Crippen LogP contribution is -2.49. The molecule has 17 nitrogen and oxygen atoms in total. The van der Waals surface area contributed by atoms with Crippen molar-refractivity contribution < 1.29 is 32.2 Å². The Morgan fingerprint density at radius 1 is 0.712 bits per heavy atom. The number of rotatable bonds is 16. The van der Waals surface area contributed by atoms with Crippen molar-refractivity contribution in [2.75, 3.05) is 92.9 Å². The lowest BCUT2D eigenvalue weighted by atomic mass is 10.1. The number of anilines is 4. The molecule has 0 aliphatic carbocycles. The molecule has 0 saturated carbocycles. The number of nitro groups is 2. The number of benzene rings is 4. The predicted octanol–water partition coefficient (Wildman–Crippen LogP) is 5.70. The number of hydrogen-bond acceptors (Lipinski definition) is 14. The average molecular weight is 827 g/mol. The van der Waals surface area contributed by atoms with Crippen LogP contribution in [0.3, 0.4) is 0 Å². The number of hydrogen-bond donors (Lipinski definition) is 1. The van der Waals surface area contributed by atoms with Crippen LogP contribution >= 0.6 is 0 Å². The molecule has 0 radical (unpaired) electrons. The standard InChI is InChI=1S/C41H46N8O9S/c1-56-40-15-10-31(27-41(40)57-2)16-19-46(38-28-32(11-13-36(38)48(50)51)43-20-17-42-18-21-43)47(30-34-7-6-26-58-34)39-29-33(12-14-37(39)49(52)53)44-22-24-45(25-23-44)59(54,55)35-8-4-3-5-9-35/h3-15,26-29,42H,16-25,30H2,1-2H3. The lowest BCUT2D eigenvalue weighted by molar-refractivity contribution is -0.384. The summed E-state index contributed by atoms with van der Waals surface area (Å²) >= 11 is 0. The summed E-state index contributed by atoms with van der Waals surface area (Å²) in [5, 5.41) is 32.5. The van der Waals surface area contributed by atoms with Gasteiger partial charge in [-0.15, -0.1) is 0 Å². The van der Waals surface area contributed by atoms with Crippen molar-refractivity contribution in [3.8, 4) is 11.5 Å². The van der Waals surface area contributed by atoms with E-state index in [0.717, 1.165) is 24.3 Å². The molecule has 0 atom stereocenters. The Morgan fingerprint density at radius 2 is 1.32 bits per heavy atom. The van der Waals surface area contributed by atoms with Crippen LogP contribution in [0.1, 0.15) is 11.3 Å². The number of nitro benzene ring substituents is 2. The van der Waals surface area contributed by atoms with Crippen LogP contribution in [-0.2, 0) is 23.0 Å². The number of ether oxygens (including phenoxy) is 2. The minimum absolute atomic E-state index is 0.0264. The molecule has 5 aromatic rings. The molecule has 0 unspecified atom stereocenters. The van der Waals surface area contributed by atoms with E-state index in [0.29, 0.717) is 55.5 Å². The molecule has 0 spiro atoms. The summed E-state index contributed by atoms with van der Waals surface area (Å²) in [4.78, 5) is 29.2. The highest BCUT2D eigenvalue weighted by molar-refractivity contribution is 7.89. The van der Waals surface area contributed by atoms with Gasteiger partial charge in [-0.25, -0.2) is 8.42 Å². The van der Waals surface area contributed by atoms with Gasteiger partial charge < -0.3 is 29.0 Å². The Morgan fingerprint density at radius 3 is 1.90 bits per heavy atom. The number of methoxy groups -OCH3 is 2. The Balaban J connectivity index is 1.32. The molecule has 59 heavy (non-hydrogen) atoms. The van der Waals surface area contributed by atoms with Crippen LogP contribution in [0.15, 0.2) is 113 Å². The molecule has 4 aromatic carbocycles. The van der Waals surface area contributed by atoms with Gasteiger partial charge in [0.1, 0.15) is 17.1 Å². The lowest BCUT2D eigenvalue weighted by Gasteiger charge is -2.39. The number of piperazine rings is 2. The van der Waals surface area contributed by atoms with Crippen molar-refractivity contribution in [1.29, 1.82) is 0 Å². The van der Waals surface area contributed by atoms with E-state index in [1.807, 2.05) is 17.0 Å². The molecule has 310 valence electrons. The number of hydrazine groups is 1. The highest BCUT2D eigenvalue weighted by Gasteiger charge is 2.33. The zero-order valence-electron chi connectivity index (χ0n) is 32.8. The largest absolute Gasteiger partial charge is 0.493 e. The first kappa shape index (κ1) is 40.8. The maximum Gasteiger partial charge on any atom is 0.294 e. The van der Waals surface area contributed by atoms with Crippen LogP contribution in [-0.4, -0.2) is 95.7 Å². The Hall–Kier alpha value is -6.37. The maximum atomic E-state index is 13.4. The maximum absolute atomic E-state index is 13.4. The van der Waals surface area contributed by atoms with Crippen LogP contribution in [0.25, 0.3) is 0 Å². The van der Waals surface area contributed by atoms with E-state index in [9.17, 15) is 28.6 Å². The summed E-state index contributed by atoms with van der Waals surface area (Å²) in [6, 6.07) is 27.0. The molecule has 2 fully saturated rings. The second kappa shape index (κ2) is 18.0. The third kappa shape index (κ3) is 9.04. The smallest absolute Gasteiger partial charge is 0.294 e. The monoisotopic (exact) mass is 826 g/mol. The number of furan rings is 1. The van der Waals surface area contributed by atoms with Crippen molar-refractivity contribution >= 4 is 44.1 Å². The van der Waals surface area contributed by atoms with Crippen LogP contribution in [0.4, 0.5) is 34.1 Å². The molecular formula is C41H46N8O9S. The zero-order chi connectivity index (χ0) is 41.5. The number of sulfonamides is 1. The van der Waals surface area contributed by atoms with E-state index in [1.165, 1.54) is 29.8 Å². The Labute approximate surface area is 342 Å². The van der Waals surface area contributed by atoms with Gasteiger partial charge in [0.05, 0.1) is 41.8 Å². The van der Waals surface area contributed by atoms with Crippen molar-refractivity contribution in [2.45, 2.75) is 17.9 Å². The van der Waals surface area contributed by atoms with Gasteiger partial charge >= 0.3 is 0 Å². The van der Waals surface area contributed by atoms with Crippen LogP contribution in [0.2, 0.25) is 0 Å². The normalized spacial score (nSPS) is 14.8. The highest BCUT2D eigenvalue weighted by atomic mass is 32.2. The predicted molar refractivity (Wildman–Crippen MR) is 224 cm³/mol. The topological polar surface area (TPSA) is 180 Å². The third-order valence-electron chi connectivity index (χ3n) is 10.6. The first-order valence-corrected chi connectivity index (χ1v) is 20.6. The molecule has 1 aromatic heterocycles. The summed E-state index contributed by atoms with van der Waals surface area (Å²) in [5.74, 6) is 1.51. The van der Waals surface area contributed by atoms with Crippen LogP contribution < -0.4 is 34.6 Å². The SMILES string of the molecule is COc1ccc(CCN(c2cc(N3CCNCC3)ccc2[N+](=O)[O-])N(Cc2ccco2)c2cc(N3CCN(S(=O)(=O)c4ccccc4)CC3)ccc2[N+](=O)[O-])cc1OC. The second-order valence-electron chi connectivity index (χ2n) is 14.0. The zero-order valence-corrected chi connectivity index (χ0v) is 33.6. The van der Waals surface area contributed by atoms with Gasteiger partial charge in [-0.2, -0.15) is 4.31 Å². The molecule has 18 heteroatoms. The van der Waals surface area contributed by atoms with Crippen molar-refractivity contribution in [3.63, 3.8) is 0 Å². The van der Waals surface area contributed by atoms with E-state index >= 15 is 0 Å². The summed E-state index contributed by atoms with van der Waals surface area (Å²) in [6.45, 7) is 4.01. The molecule has 3 heterocycles. The van der Waals surface area contributed by atoms with Gasteiger partial charge in [0, 0.05) is 82.4 Å². The molecule has 1 N–H and O–H groups in total. The van der Waals surface area contributed by atoms with Gasteiger partial charge in [-0.05, 0) is 72.6 Å². The fourth-order valence-electron chi connectivity index (χ4n) is 7.48. The van der Waals surface area contributed by atoms with Crippen molar-refractivity contribution in [3.05, 3.63) is 135 Å². The van der Waals surface area contributed by atoms with Crippen LogP contribution in [0, 0.1) is 20.2 Å². The number of nitrogens with one attached hydrogen (secondary N) is 1. The average Bonchev–Trinajstić information content (AvgIpc) is 3.79.